The van der Waals surface area contributed by atoms with E-state index in [4.69, 9.17) is 4.74 Å². The fourth-order valence-electron chi connectivity index (χ4n) is 3.37. The molecule has 0 saturated carbocycles. The third kappa shape index (κ3) is 5.05. The van der Waals surface area contributed by atoms with Gasteiger partial charge in [-0.05, 0) is 42.2 Å². The van der Waals surface area contributed by atoms with Crippen molar-refractivity contribution in [3.8, 4) is 0 Å². The second-order valence-corrected chi connectivity index (χ2v) is 6.70. The molecular formula is C20H19F6NO. The lowest BCUT2D eigenvalue weighted by Gasteiger charge is -2.33. The van der Waals surface area contributed by atoms with E-state index >= 15 is 0 Å². The van der Waals surface area contributed by atoms with Gasteiger partial charge in [-0.1, -0.05) is 30.3 Å². The Balaban J connectivity index is 1.81. The van der Waals surface area contributed by atoms with Crippen LogP contribution >= 0.6 is 0 Å². The molecule has 3 rings (SSSR count). The number of alkyl halides is 6. The van der Waals surface area contributed by atoms with Crippen LogP contribution in [0.4, 0.5) is 26.3 Å². The van der Waals surface area contributed by atoms with E-state index in [-0.39, 0.29) is 30.2 Å². The lowest BCUT2D eigenvalue weighted by Crippen LogP contribution is -2.42. The third-order valence-electron chi connectivity index (χ3n) is 4.69. The average Bonchev–Trinajstić information content (AvgIpc) is 2.66. The van der Waals surface area contributed by atoms with Crippen LogP contribution in [0, 0.1) is 0 Å². The van der Waals surface area contributed by atoms with Crippen LogP contribution in [0.1, 0.15) is 34.7 Å². The van der Waals surface area contributed by atoms with E-state index in [1.807, 2.05) is 30.3 Å². The van der Waals surface area contributed by atoms with Crippen molar-refractivity contribution < 1.29 is 31.1 Å². The molecule has 0 unspecified atom stereocenters. The van der Waals surface area contributed by atoms with Crippen LogP contribution in [0.25, 0.3) is 0 Å². The molecule has 2 aromatic rings. The number of aryl methyl sites for hydroxylation is 1. The van der Waals surface area contributed by atoms with Crippen molar-refractivity contribution in [1.82, 2.24) is 5.32 Å². The standard InChI is InChI=1S/C20H19F6NO/c21-19(22,23)15-10-13(11-16(12-15)20(24,25)26)6-7-17-18(27-8-9-28-17)14-4-2-1-3-5-14/h1-5,10-12,17-18,27H,6-9H2/t17-,18+/m0/s1. The van der Waals surface area contributed by atoms with Gasteiger partial charge >= 0.3 is 12.4 Å². The number of hydrogen-bond donors (Lipinski definition) is 1. The first-order chi connectivity index (χ1) is 13.1. The van der Waals surface area contributed by atoms with Crippen LogP contribution in [-0.2, 0) is 23.5 Å². The molecule has 1 N–H and O–H groups in total. The Hall–Kier alpha value is -2.06. The monoisotopic (exact) mass is 403 g/mol. The summed E-state index contributed by atoms with van der Waals surface area (Å²) in [6.07, 6.45) is -9.69. The normalized spacial score (nSPS) is 20.9. The highest BCUT2D eigenvalue weighted by Gasteiger charge is 2.37. The Morgan fingerprint density at radius 2 is 1.50 bits per heavy atom. The van der Waals surface area contributed by atoms with Gasteiger partial charge in [0.05, 0.1) is 29.9 Å². The summed E-state index contributed by atoms with van der Waals surface area (Å²) in [5.74, 6) is 0. The maximum Gasteiger partial charge on any atom is 0.416 e. The van der Waals surface area contributed by atoms with Crippen molar-refractivity contribution in [3.05, 3.63) is 70.8 Å². The molecule has 1 fully saturated rings. The van der Waals surface area contributed by atoms with Crippen molar-refractivity contribution in [2.24, 2.45) is 0 Å². The van der Waals surface area contributed by atoms with Crippen LogP contribution in [0.5, 0.6) is 0 Å². The minimum Gasteiger partial charge on any atom is -0.375 e. The van der Waals surface area contributed by atoms with Gasteiger partial charge in [0, 0.05) is 6.54 Å². The van der Waals surface area contributed by atoms with E-state index in [0.29, 0.717) is 19.6 Å². The van der Waals surface area contributed by atoms with Gasteiger partial charge in [-0.25, -0.2) is 0 Å². The summed E-state index contributed by atoms with van der Waals surface area (Å²) in [5.41, 5.74) is -1.63. The molecule has 8 heteroatoms. The summed E-state index contributed by atoms with van der Waals surface area (Å²) in [4.78, 5) is 0. The molecule has 28 heavy (non-hydrogen) atoms. The second kappa shape index (κ2) is 8.13. The molecule has 1 saturated heterocycles. The van der Waals surface area contributed by atoms with Crippen LogP contribution in [0.2, 0.25) is 0 Å². The lowest BCUT2D eigenvalue weighted by molar-refractivity contribution is -0.143. The molecule has 0 aromatic heterocycles. The smallest absolute Gasteiger partial charge is 0.375 e. The van der Waals surface area contributed by atoms with Gasteiger partial charge in [0.2, 0.25) is 0 Å². The fraction of sp³-hybridized carbons (Fsp3) is 0.400. The van der Waals surface area contributed by atoms with E-state index in [1.54, 1.807) is 0 Å². The van der Waals surface area contributed by atoms with E-state index < -0.39 is 23.5 Å². The van der Waals surface area contributed by atoms with E-state index in [1.165, 1.54) is 0 Å². The Kier molecular flexibility index (Phi) is 6.00. The minimum atomic E-state index is -4.84. The highest BCUT2D eigenvalue weighted by molar-refractivity contribution is 5.34. The van der Waals surface area contributed by atoms with E-state index in [2.05, 4.69) is 5.32 Å². The number of morpholine rings is 1. The van der Waals surface area contributed by atoms with Gasteiger partial charge in [0.25, 0.3) is 0 Å². The summed E-state index contributed by atoms with van der Waals surface area (Å²) >= 11 is 0. The first-order valence-corrected chi connectivity index (χ1v) is 8.83. The summed E-state index contributed by atoms with van der Waals surface area (Å²) in [6, 6.07) is 11.0. The van der Waals surface area contributed by atoms with Crippen molar-refractivity contribution >= 4 is 0 Å². The number of rotatable bonds is 4. The minimum absolute atomic E-state index is 0.0110. The molecule has 1 aliphatic heterocycles. The molecule has 1 aliphatic rings. The zero-order valence-electron chi connectivity index (χ0n) is 14.8. The SMILES string of the molecule is FC(F)(F)c1cc(CC[C@@H]2OCCN[C@@H]2c2ccccc2)cc(C(F)(F)F)c1. The fourth-order valence-corrected chi connectivity index (χ4v) is 3.37. The third-order valence-corrected chi connectivity index (χ3v) is 4.69. The molecule has 2 atom stereocenters. The zero-order valence-corrected chi connectivity index (χ0v) is 14.8. The first-order valence-electron chi connectivity index (χ1n) is 8.83. The molecule has 0 radical (unpaired) electrons. The van der Waals surface area contributed by atoms with Gasteiger partial charge < -0.3 is 10.1 Å². The van der Waals surface area contributed by atoms with Gasteiger partial charge in [-0.15, -0.1) is 0 Å². The highest BCUT2D eigenvalue weighted by atomic mass is 19.4. The van der Waals surface area contributed by atoms with Crippen molar-refractivity contribution in [1.29, 1.82) is 0 Å². The average molecular weight is 403 g/mol. The summed E-state index contributed by atoms with van der Waals surface area (Å²) in [5, 5.41) is 3.31. The summed E-state index contributed by atoms with van der Waals surface area (Å²) in [6.45, 7) is 1.06. The second-order valence-electron chi connectivity index (χ2n) is 6.70. The molecular weight excluding hydrogens is 384 g/mol. The Labute approximate surface area is 158 Å². The van der Waals surface area contributed by atoms with E-state index in [9.17, 15) is 26.3 Å². The predicted octanol–water partition coefficient (Wildman–Crippen LogP) is 5.39. The molecule has 2 aromatic carbocycles. The Bertz CT molecular complexity index is 755. The van der Waals surface area contributed by atoms with Crippen molar-refractivity contribution in [2.75, 3.05) is 13.2 Å². The van der Waals surface area contributed by atoms with Gasteiger partial charge in [-0.2, -0.15) is 26.3 Å². The largest absolute Gasteiger partial charge is 0.416 e. The number of nitrogens with one attached hydrogen (secondary N) is 1. The topological polar surface area (TPSA) is 21.3 Å². The van der Waals surface area contributed by atoms with Crippen LogP contribution in [-0.4, -0.2) is 19.3 Å². The maximum absolute atomic E-state index is 13.0. The van der Waals surface area contributed by atoms with Crippen LogP contribution < -0.4 is 5.32 Å². The first kappa shape index (κ1) is 20.7. The molecule has 0 bridgehead atoms. The number of halogens is 6. The quantitative estimate of drug-likeness (QED) is 0.692. The maximum atomic E-state index is 13.0. The number of benzene rings is 2. The van der Waals surface area contributed by atoms with Crippen molar-refractivity contribution in [2.45, 2.75) is 37.3 Å². The highest BCUT2D eigenvalue weighted by Crippen LogP contribution is 2.37. The predicted molar refractivity (Wildman–Crippen MR) is 91.7 cm³/mol. The van der Waals surface area contributed by atoms with Gasteiger partial charge in [-0.3, -0.25) is 0 Å². The van der Waals surface area contributed by atoms with Crippen LogP contribution in [0.3, 0.4) is 0 Å². The molecule has 0 amide bonds. The van der Waals surface area contributed by atoms with Crippen LogP contribution in [0.15, 0.2) is 48.5 Å². The zero-order chi connectivity index (χ0) is 20.4. The van der Waals surface area contributed by atoms with Gasteiger partial charge in [0.1, 0.15) is 0 Å². The number of ether oxygens (including phenoxy) is 1. The van der Waals surface area contributed by atoms with Gasteiger partial charge in [0.15, 0.2) is 0 Å². The van der Waals surface area contributed by atoms with E-state index in [0.717, 1.165) is 17.7 Å². The Morgan fingerprint density at radius 1 is 0.893 bits per heavy atom. The summed E-state index contributed by atoms with van der Waals surface area (Å²) in [7, 11) is 0. The lowest BCUT2D eigenvalue weighted by atomic mass is 9.94. The summed E-state index contributed by atoms with van der Waals surface area (Å²) < 4.78 is 83.8. The number of hydrogen-bond acceptors (Lipinski definition) is 2. The molecule has 152 valence electrons. The molecule has 2 nitrogen and oxygen atoms in total. The molecule has 1 heterocycles. The molecule has 0 aliphatic carbocycles. The Morgan fingerprint density at radius 3 is 2.07 bits per heavy atom. The van der Waals surface area contributed by atoms with Crippen molar-refractivity contribution in [3.63, 3.8) is 0 Å². The molecule has 0 spiro atoms.